The molecular formula is C16H17BrN2O4. The van der Waals surface area contributed by atoms with Gasteiger partial charge in [0.15, 0.2) is 0 Å². The first kappa shape index (κ1) is 16.0. The van der Waals surface area contributed by atoms with E-state index in [1.165, 1.54) is 0 Å². The predicted octanol–water partition coefficient (Wildman–Crippen LogP) is 1.78. The van der Waals surface area contributed by atoms with Crippen LogP contribution in [0.25, 0.3) is 0 Å². The summed E-state index contributed by atoms with van der Waals surface area (Å²) in [5.41, 5.74) is 0.727. The fraction of sp³-hybridized carbons (Fsp3) is 0.438. The molecule has 2 atom stereocenters. The van der Waals surface area contributed by atoms with Crippen LogP contribution in [-0.2, 0) is 14.4 Å². The fourth-order valence-electron chi connectivity index (χ4n) is 2.87. The zero-order valence-corrected chi connectivity index (χ0v) is 14.0. The number of carbonyl (C=O) groups excluding carboxylic acids is 2. The van der Waals surface area contributed by atoms with Crippen molar-refractivity contribution in [2.24, 2.45) is 11.8 Å². The van der Waals surface area contributed by atoms with E-state index >= 15 is 0 Å². The summed E-state index contributed by atoms with van der Waals surface area (Å²) in [7, 11) is 0. The van der Waals surface area contributed by atoms with Crippen molar-refractivity contribution in [1.82, 2.24) is 5.32 Å². The third-order valence-corrected chi connectivity index (χ3v) is 4.97. The summed E-state index contributed by atoms with van der Waals surface area (Å²) in [6.07, 6.45) is 1.75. The van der Waals surface area contributed by atoms with Crippen LogP contribution in [0.5, 0.6) is 0 Å². The lowest BCUT2D eigenvalue weighted by Gasteiger charge is -2.19. The maximum Gasteiger partial charge on any atom is 0.326 e. The molecule has 0 radical (unpaired) electrons. The van der Waals surface area contributed by atoms with Crippen LogP contribution in [0.3, 0.4) is 0 Å². The van der Waals surface area contributed by atoms with Gasteiger partial charge in [-0.05, 0) is 46.8 Å². The number of hydrogen-bond acceptors (Lipinski definition) is 3. The maximum absolute atomic E-state index is 12.3. The topological polar surface area (TPSA) is 86.7 Å². The molecule has 2 fully saturated rings. The molecule has 0 bridgehead atoms. The number of aliphatic carboxylic acids is 1. The maximum atomic E-state index is 12.3. The average Bonchev–Trinajstić information content (AvgIpc) is 3.27. The van der Waals surface area contributed by atoms with Crippen molar-refractivity contribution in [3.63, 3.8) is 0 Å². The van der Waals surface area contributed by atoms with E-state index in [2.05, 4.69) is 21.2 Å². The first-order chi connectivity index (χ1) is 11.0. The van der Waals surface area contributed by atoms with E-state index < -0.39 is 17.9 Å². The number of anilines is 1. The highest BCUT2D eigenvalue weighted by atomic mass is 79.9. The van der Waals surface area contributed by atoms with Crippen LogP contribution >= 0.6 is 15.9 Å². The van der Waals surface area contributed by atoms with Gasteiger partial charge in [-0.2, -0.15) is 0 Å². The zero-order chi connectivity index (χ0) is 16.6. The molecule has 2 N–H and O–H groups in total. The molecule has 2 amide bonds. The van der Waals surface area contributed by atoms with Crippen molar-refractivity contribution in [2.75, 3.05) is 11.4 Å². The van der Waals surface area contributed by atoms with Crippen molar-refractivity contribution in [3.05, 3.63) is 28.7 Å². The Hall–Kier alpha value is -1.89. The first-order valence-corrected chi connectivity index (χ1v) is 8.34. The highest BCUT2D eigenvalue weighted by molar-refractivity contribution is 9.10. The molecule has 6 nitrogen and oxygen atoms in total. The van der Waals surface area contributed by atoms with Gasteiger partial charge in [0.2, 0.25) is 11.8 Å². The second-order valence-corrected chi connectivity index (χ2v) is 6.87. The van der Waals surface area contributed by atoms with E-state index in [-0.39, 0.29) is 30.7 Å². The third-order valence-electron chi connectivity index (χ3n) is 4.30. The lowest BCUT2D eigenvalue weighted by Crippen LogP contribution is -2.45. The van der Waals surface area contributed by atoms with Crippen LogP contribution in [-0.4, -0.2) is 35.5 Å². The molecule has 2 aliphatic rings. The van der Waals surface area contributed by atoms with Crippen molar-refractivity contribution in [1.29, 1.82) is 0 Å². The van der Waals surface area contributed by atoms with E-state index in [9.17, 15) is 19.5 Å². The molecule has 1 aliphatic heterocycles. The predicted molar refractivity (Wildman–Crippen MR) is 86.9 cm³/mol. The van der Waals surface area contributed by atoms with Gasteiger partial charge in [0.05, 0.1) is 11.6 Å². The molecule has 0 aromatic heterocycles. The van der Waals surface area contributed by atoms with Crippen molar-refractivity contribution >= 4 is 39.4 Å². The molecular weight excluding hydrogens is 364 g/mol. The summed E-state index contributed by atoms with van der Waals surface area (Å²) in [5.74, 6) is -1.99. The zero-order valence-electron chi connectivity index (χ0n) is 12.4. The van der Waals surface area contributed by atoms with Crippen molar-refractivity contribution < 1.29 is 19.5 Å². The van der Waals surface area contributed by atoms with E-state index in [1.54, 1.807) is 4.90 Å². The number of nitrogens with one attached hydrogen (secondary N) is 1. The highest BCUT2D eigenvalue weighted by Gasteiger charge is 2.41. The minimum Gasteiger partial charge on any atom is -0.480 e. The molecule has 0 spiro atoms. The van der Waals surface area contributed by atoms with Gasteiger partial charge in [-0.1, -0.05) is 12.1 Å². The van der Waals surface area contributed by atoms with E-state index in [1.807, 2.05) is 24.3 Å². The molecule has 1 aromatic carbocycles. The van der Waals surface area contributed by atoms with Gasteiger partial charge < -0.3 is 15.3 Å². The van der Waals surface area contributed by atoms with Crippen LogP contribution in [0.15, 0.2) is 28.7 Å². The first-order valence-electron chi connectivity index (χ1n) is 7.55. The van der Waals surface area contributed by atoms with Crippen LogP contribution in [0, 0.1) is 11.8 Å². The summed E-state index contributed by atoms with van der Waals surface area (Å²) in [6.45, 7) is 0.268. The van der Waals surface area contributed by atoms with E-state index in [0.29, 0.717) is 0 Å². The highest BCUT2D eigenvalue weighted by Crippen LogP contribution is 2.34. The van der Waals surface area contributed by atoms with Gasteiger partial charge in [-0.25, -0.2) is 4.79 Å². The van der Waals surface area contributed by atoms with Gasteiger partial charge >= 0.3 is 5.97 Å². The molecule has 3 rings (SSSR count). The normalized spacial score (nSPS) is 22.0. The number of hydrogen-bond donors (Lipinski definition) is 2. The number of carboxylic acids is 1. The number of carboxylic acid groups (broad SMARTS) is 1. The molecule has 1 saturated carbocycles. The largest absolute Gasteiger partial charge is 0.480 e. The molecule has 2 unspecified atom stereocenters. The Labute approximate surface area is 142 Å². The second kappa shape index (κ2) is 6.31. The molecule has 1 saturated heterocycles. The Morgan fingerprint density at radius 2 is 2.00 bits per heavy atom. The lowest BCUT2D eigenvalue weighted by molar-refractivity contribution is -0.143. The number of carbonyl (C=O) groups is 3. The van der Waals surface area contributed by atoms with E-state index in [4.69, 9.17) is 0 Å². The van der Waals surface area contributed by atoms with Gasteiger partial charge in [0, 0.05) is 17.4 Å². The standard InChI is InChI=1S/C16H17BrN2O4/c17-11-3-1-2-4-12(11)19-8-10(7-13(19)20)15(21)18-14(16(22)23)9-5-6-9/h1-4,9-10,14H,5-8H2,(H,18,21)(H,22,23). The lowest BCUT2D eigenvalue weighted by atomic mass is 10.1. The van der Waals surface area contributed by atoms with E-state index in [0.717, 1.165) is 23.0 Å². The molecule has 1 aliphatic carbocycles. The quantitative estimate of drug-likeness (QED) is 0.814. The Morgan fingerprint density at radius 1 is 1.30 bits per heavy atom. The summed E-state index contributed by atoms with van der Waals surface area (Å²) in [5, 5.41) is 11.8. The smallest absolute Gasteiger partial charge is 0.326 e. The van der Waals surface area contributed by atoms with Gasteiger partial charge in [0.25, 0.3) is 0 Å². The van der Waals surface area contributed by atoms with Gasteiger partial charge in [-0.3, -0.25) is 9.59 Å². The number of halogens is 1. The summed E-state index contributed by atoms with van der Waals surface area (Å²) in [6, 6.07) is 6.49. The number of benzene rings is 1. The molecule has 7 heteroatoms. The number of para-hydroxylation sites is 1. The molecule has 1 aromatic rings. The van der Waals surface area contributed by atoms with Crippen molar-refractivity contribution in [3.8, 4) is 0 Å². The van der Waals surface area contributed by atoms with Crippen LogP contribution in [0.2, 0.25) is 0 Å². The minimum absolute atomic E-state index is 0.0212. The Morgan fingerprint density at radius 3 is 2.61 bits per heavy atom. The number of rotatable bonds is 5. The molecule has 122 valence electrons. The summed E-state index contributed by atoms with van der Waals surface area (Å²) >= 11 is 3.41. The fourth-order valence-corrected chi connectivity index (χ4v) is 3.37. The van der Waals surface area contributed by atoms with Gasteiger partial charge in [0.1, 0.15) is 6.04 Å². The number of nitrogens with zero attached hydrogens (tertiary/aromatic N) is 1. The molecule has 1 heterocycles. The average molecular weight is 381 g/mol. The second-order valence-electron chi connectivity index (χ2n) is 6.02. The summed E-state index contributed by atoms with van der Waals surface area (Å²) < 4.78 is 0.788. The van der Waals surface area contributed by atoms with Crippen LogP contribution < -0.4 is 10.2 Å². The third kappa shape index (κ3) is 3.39. The van der Waals surface area contributed by atoms with Gasteiger partial charge in [-0.15, -0.1) is 0 Å². The Balaban J connectivity index is 1.68. The SMILES string of the molecule is O=C(NC(C(=O)O)C1CC1)C1CC(=O)N(c2ccccc2Br)C1. The van der Waals surface area contributed by atoms with Crippen LogP contribution in [0.1, 0.15) is 19.3 Å². The minimum atomic E-state index is -1.01. The summed E-state index contributed by atoms with van der Waals surface area (Å²) in [4.78, 5) is 37.3. The van der Waals surface area contributed by atoms with Crippen molar-refractivity contribution in [2.45, 2.75) is 25.3 Å². The monoisotopic (exact) mass is 380 g/mol. The van der Waals surface area contributed by atoms with Crippen LogP contribution in [0.4, 0.5) is 5.69 Å². The Bertz CT molecular complexity index is 659. The number of amides is 2. The Kier molecular flexibility index (Phi) is 4.39. The molecule has 23 heavy (non-hydrogen) atoms.